The summed E-state index contributed by atoms with van der Waals surface area (Å²) in [4.78, 5) is 26.7. The van der Waals surface area contributed by atoms with Crippen molar-refractivity contribution >= 4 is 33.3 Å². The van der Waals surface area contributed by atoms with Gasteiger partial charge in [0.25, 0.3) is 5.91 Å². The molecule has 0 saturated carbocycles. The summed E-state index contributed by atoms with van der Waals surface area (Å²) in [6.07, 6.45) is 3.14. The van der Waals surface area contributed by atoms with E-state index in [-0.39, 0.29) is 5.91 Å². The second-order valence-corrected chi connectivity index (χ2v) is 8.06. The molecule has 0 unspecified atom stereocenters. The van der Waals surface area contributed by atoms with E-state index >= 15 is 0 Å². The van der Waals surface area contributed by atoms with Gasteiger partial charge in [-0.15, -0.1) is 11.3 Å². The van der Waals surface area contributed by atoms with E-state index in [1.165, 1.54) is 6.26 Å². The fourth-order valence-corrected chi connectivity index (χ4v) is 4.78. The van der Waals surface area contributed by atoms with Gasteiger partial charge in [0.2, 0.25) is 0 Å². The van der Waals surface area contributed by atoms with Crippen molar-refractivity contribution in [2.45, 2.75) is 0 Å². The number of piperazine rings is 1. The van der Waals surface area contributed by atoms with Gasteiger partial charge in [0.05, 0.1) is 23.6 Å². The maximum Gasteiger partial charge on any atom is 0.289 e. The minimum Gasteiger partial charge on any atom is -0.497 e. The van der Waals surface area contributed by atoms with E-state index in [0.29, 0.717) is 31.9 Å². The SMILES string of the molecule is COc1ccc(-c2cc3ncnc(N4CCN(C(=O)c5ccco5)CC4)c3s2)cc1. The number of carbonyl (C=O) groups excluding carboxylic acids is 1. The number of hydrogen-bond acceptors (Lipinski definition) is 7. The number of carbonyl (C=O) groups is 1. The number of thiophene rings is 1. The number of amides is 1. The van der Waals surface area contributed by atoms with Crippen LogP contribution in [0, 0.1) is 0 Å². The monoisotopic (exact) mass is 420 g/mol. The molecule has 0 bridgehead atoms. The quantitative estimate of drug-likeness (QED) is 0.498. The molecule has 0 spiro atoms. The number of furan rings is 1. The summed E-state index contributed by atoms with van der Waals surface area (Å²) in [7, 11) is 1.66. The lowest BCUT2D eigenvalue weighted by molar-refractivity contribution is 0.0714. The molecule has 30 heavy (non-hydrogen) atoms. The van der Waals surface area contributed by atoms with E-state index in [2.05, 4.69) is 33.1 Å². The first-order chi connectivity index (χ1) is 14.7. The van der Waals surface area contributed by atoms with Crippen molar-refractivity contribution in [1.29, 1.82) is 0 Å². The Morgan fingerprint density at radius 1 is 1.10 bits per heavy atom. The first-order valence-corrected chi connectivity index (χ1v) is 10.5. The van der Waals surface area contributed by atoms with E-state index in [1.54, 1.807) is 36.9 Å². The lowest BCUT2D eigenvalue weighted by Gasteiger charge is -2.35. The van der Waals surface area contributed by atoms with Crippen LogP contribution < -0.4 is 9.64 Å². The minimum absolute atomic E-state index is 0.0644. The third-order valence-corrected chi connectivity index (χ3v) is 6.43. The van der Waals surface area contributed by atoms with Crippen molar-refractivity contribution in [3.8, 4) is 16.2 Å². The summed E-state index contributed by atoms with van der Waals surface area (Å²) in [5.74, 6) is 2.08. The lowest BCUT2D eigenvalue weighted by atomic mass is 10.2. The molecule has 0 aliphatic carbocycles. The van der Waals surface area contributed by atoms with E-state index in [0.717, 1.165) is 32.2 Å². The van der Waals surface area contributed by atoms with Gasteiger partial charge in [-0.05, 0) is 48.0 Å². The average Bonchev–Trinajstić information content (AvgIpc) is 3.49. The van der Waals surface area contributed by atoms with Gasteiger partial charge in [0.15, 0.2) is 5.76 Å². The first kappa shape index (κ1) is 18.6. The molecule has 0 radical (unpaired) electrons. The number of nitrogens with zero attached hydrogens (tertiary/aromatic N) is 4. The van der Waals surface area contributed by atoms with Crippen molar-refractivity contribution in [3.63, 3.8) is 0 Å². The highest BCUT2D eigenvalue weighted by molar-refractivity contribution is 7.22. The van der Waals surface area contributed by atoms with Crippen LogP contribution in [-0.4, -0.2) is 54.1 Å². The summed E-state index contributed by atoms with van der Waals surface area (Å²) in [6.45, 7) is 2.69. The Labute approximate surface area is 177 Å². The highest BCUT2D eigenvalue weighted by Gasteiger charge is 2.25. The van der Waals surface area contributed by atoms with Crippen LogP contribution >= 0.6 is 11.3 Å². The van der Waals surface area contributed by atoms with Crippen molar-refractivity contribution in [3.05, 3.63) is 60.8 Å². The third kappa shape index (κ3) is 3.39. The Balaban J connectivity index is 1.37. The highest BCUT2D eigenvalue weighted by Crippen LogP contribution is 2.37. The van der Waals surface area contributed by atoms with Crippen LogP contribution in [-0.2, 0) is 0 Å². The number of rotatable bonds is 4. The van der Waals surface area contributed by atoms with Crippen molar-refractivity contribution in [1.82, 2.24) is 14.9 Å². The summed E-state index contributed by atoms with van der Waals surface area (Å²) < 4.78 is 11.6. The molecular formula is C22H20N4O3S. The van der Waals surface area contributed by atoms with Gasteiger partial charge >= 0.3 is 0 Å². The molecule has 4 heterocycles. The zero-order valence-electron chi connectivity index (χ0n) is 16.4. The number of fused-ring (bicyclic) bond motifs is 1. The summed E-state index contributed by atoms with van der Waals surface area (Å²) in [5, 5.41) is 0. The Kier molecular flexibility index (Phi) is 4.84. The van der Waals surface area contributed by atoms with Crippen LogP contribution in [0.25, 0.3) is 20.7 Å². The van der Waals surface area contributed by atoms with Gasteiger partial charge in [-0.1, -0.05) is 0 Å². The molecular weight excluding hydrogens is 400 g/mol. The lowest BCUT2D eigenvalue weighted by Crippen LogP contribution is -2.49. The molecule has 7 nitrogen and oxygen atoms in total. The Morgan fingerprint density at radius 2 is 1.90 bits per heavy atom. The normalized spacial score (nSPS) is 14.3. The molecule has 8 heteroatoms. The second-order valence-electron chi connectivity index (χ2n) is 7.01. The molecule has 0 N–H and O–H groups in total. The largest absolute Gasteiger partial charge is 0.497 e. The summed E-state index contributed by atoms with van der Waals surface area (Å²) >= 11 is 1.69. The Hall–Kier alpha value is -3.39. The molecule has 4 aromatic rings. The number of ether oxygens (including phenoxy) is 1. The third-order valence-electron chi connectivity index (χ3n) is 5.27. The van der Waals surface area contributed by atoms with Gasteiger partial charge < -0.3 is 19.0 Å². The standard InChI is InChI=1S/C22H20N4O3S/c1-28-16-6-4-15(5-7-16)19-13-17-20(30-19)21(24-14-23-17)25-8-10-26(11-9-25)22(27)18-3-2-12-29-18/h2-7,12-14H,8-11H2,1H3. The highest BCUT2D eigenvalue weighted by atomic mass is 32.1. The fraction of sp³-hybridized carbons (Fsp3) is 0.227. The van der Waals surface area contributed by atoms with E-state index in [4.69, 9.17) is 9.15 Å². The molecule has 1 amide bonds. The second kappa shape index (κ2) is 7.79. The van der Waals surface area contributed by atoms with Gasteiger partial charge in [-0.25, -0.2) is 9.97 Å². The summed E-state index contributed by atoms with van der Waals surface area (Å²) in [5.41, 5.74) is 2.06. The van der Waals surface area contributed by atoms with Crippen LogP contribution in [0.15, 0.2) is 59.5 Å². The first-order valence-electron chi connectivity index (χ1n) is 9.69. The smallest absolute Gasteiger partial charge is 0.289 e. The number of benzene rings is 1. The van der Waals surface area contributed by atoms with Crippen molar-refractivity contribution in [2.24, 2.45) is 0 Å². The number of anilines is 1. The maximum absolute atomic E-state index is 12.5. The van der Waals surface area contributed by atoms with Crippen molar-refractivity contribution in [2.75, 3.05) is 38.2 Å². The molecule has 0 atom stereocenters. The van der Waals surface area contributed by atoms with Gasteiger partial charge in [-0.3, -0.25) is 4.79 Å². The zero-order chi connectivity index (χ0) is 20.5. The molecule has 1 saturated heterocycles. The van der Waals surface area contributed by atoms with Gasteiger partial charge in [0.1, 0.15) is 17.9 Å². The van der Waals surface area contributed by atoms with E-state index < -0.39 is 0 Å². The van der Waals surface area contributed by atoms with Crippen LogP contribution in [0.5, 0.6) is 5.75 Å². The predicted octanol–water partition coefficient (Wildman–Crippen LogP) is 3.92. The molecule has 5 rings (SSSR count). The maximum atomic E-state index is 12.5. The Morgan fingerprint density at radius 3 is 2.60 bits per heavy atom. The van der Waals surface area contributed by atoms with Crippen LogP contribution in [0.4, 0.5) is 5.82 Å². The summed E-state index contributed by atoms with van der Waals surface area (Å²) in [6, 6.07) is 13.6. The molecule has 152 valence electrons. The number of methoxy groups -OCH3 is 1. The predicted molar refractivity (Wildman–Crippen MR) is 116 cm³/mol. The minimum atomic E-state index is -0.0644. The van der Waals surface area contributed by atoms with Crippen LogP contribution in [0.3, 0.4) is 0 Å². The number of hydrogen-bond donors (Lipinski definition) is 0. The topological polar surface area (TPSA) is 71.7 Å². The fourth-order valence-electron chi connectivity index (χ4n) is 3.64. The number of aromatic nitrogens is 2. The molecule has 1 aliphatic heterocycles. The molecule has 1 aliphatic rings. The van der Waals surface area contributed by atoms with Crippen LogP contribution in [0.1, 0.15) is 10.6 Å². The van der Waals surface area contributed by atoms with Gasteiger partial charge in [0, 0.05) is 31.1 Å². The Bertz CT molecular complexity index is 1160. The van der Waals surface area contributed by atoms with Crippen molar-refractivity contribution < 1.29 is 13.9 Å². The molecule has 1 aromatic carbocycles. The average molecular weight is 420 g/mol. The van der Waals surface area contributed by atoms with Crippen LogP contribution in [0.2, 0.25) is 0 Å². The van der Waals surface area contributed by atoms with E-state index in [9.17, 15) is 4.79 Å². The molecule has 3 aromatic heterocycles. The zero-order valence-corrected chi connectivity index (χ0v) is 17.3. The molecule has 1 fully saturated rings. The van der Waals surface area contributed by atoms with Gasteiger partial charge in [-0.2, -0.15) is 0 Å². The van der Waals surface area contributed by atoms with E-state index in [1.807, 2.05) is 17.0 Å².